The lowest BCUT2D eigenvalue weighted by Gasteiger charge is -2.30. The van der Waals surface area contributed by atoms with Gasteiger partial charge >= 0.3 is 12.1 Å². The van der Waals surface area contributed by atoms with Gasteiger partial charge in [0.2, 0.25) is 0 Å². The molecule has 6 nitrogen and oxygen atoms in total. The first-order valence-electron chi connectivity index (χ1n) is 6.49. The molecule has 0 aromatic heterocycles. The number of carbonyl (C=O) groups excluding carboxylic acids is 2. The van der Waals surface area contributed by atoms with Gasteiger partial charge in [0.25, 0.3) is 0 Å². The molecule has 1 heterocycles. The molecule has 1 unspecified atom stereocenters. The molecule has 110 valence electrons. The molecular formula is C13H23NO5. The maximum atomic E-state index is 12.0. The Labute approximate surface area is 113 Å². The smallest absolute Gasteiger partial charge is 0.410 e. The minimum absolute atomic E-state index is 0.111. The molecule has 0 bridgehead atoms. The number of esters is 1. The van der Waals surface area contributed by atoms with Crippen LogP contribution in [-0.4, -0.2) is 53.5 Å². The van der Waals surface area contributed by atoms with Crippen LogP contribution in [0.4, 0.5) is 4.79 Å². The number of hydrogen-bond acceptors (Lipinski definition) is 5. The van der Waals surface area contributed by atoms with Crippen molar-refractivity contribution < 1.29 is 24.2 Å². The van der Waals surface area contributed by atoms with Crippen LogP contribution in [0.1, 0.15) is 40.0 Å². The van der Waals surface area contributed by atoms with Crippen molar-refractivity contribution in [3.8, 4) is 0 Å². The van der Waals surface area contributed by atoms with Gasteiger partial charge in [-0.2, -0.15) is 0 Å². The molecule has 0 aliphatic carbocycles. The number of carbonyl (C=O) groups is 2. The number of hydrogen-bond donors (Lipinski definition) is 1. The second kappa shape index (κ2) is 6.23. The summed E-state index contributed by atoms with van der Waals surface area (Å²) in [7, 11) is 1.27. The summed E-state index contributed by atoms with van der Waals surface area (Å²) in [6.07, 6.45) is -0.0126. The molecule has 1 amide bonds. The first-order chi connectivity index (χ1) is 8.74. The molecule has 2 atom stereocenters. The van der Waals surface area contributed by atoms with Gasteiger partial charge in [0.05, 0.1) is 25.7 Å². The fourth-order valence-corrected chi connectivity index (χ4v) is 2.13. The third-order valence-electron chi connectivity index (χ3n) is 2.97. The monoisotopic (exact) mass is 273 g/mol. The van der Waals surface area contributed by atoms with Crippen molar-refractivity contribution in [1.29, 1.82) is 0 Å². The Bertz CT molecular complexity index is 336. The summed E-state index contributed by atoms with van der Waals surface area (Å²) in [4.78, 5) is 24.7. The zero-order valence-corrected chi connectivity index (χ0v) is 12.0. The molecule has 1 aliphatic heterocycles. The van der Waals surface area contributed by atoms with Crippen LogP contribution in [0.25, 0.3) is 0 Å². The average molecular weight is 273 g/mol. The summed E-state index contributed by atoms with van der Waals surface area (Å²) in [5.41, 5.74) is -0.572. The van der Waals surface area contributed by atoms with Gasteiger partial charge in [-0.3, -0.25) is 4.79 Å². The SMILES string of the molecule is COC(=O)C[C@H](O)C1CCCN1C(=O)OC(C)(C)C. The molecule has 1 rings (SSSR count). The Balaban J connectivity index is 2.63. The predicted molar refractivity (Wildman–Crippen MR) is 68.6 cm³/mol. The summed E-state index contributed by atoms with van der Waals surface area (Å²) in [5.74, 6) is -0.483. The van der Waals surface area contributed by atoms with Crippen LogP contribution in [0.3, 0.4) is 0 Å². The number of aliphatic hydroxyl groups excluding tert-OH is 1. The Morgan fingerprint density at radius 2 is 2.05 bits per heavy atom. The van der Waals surface area contributed by atoms with Gasteiger partial charge in [-0.1, -0.05) is 0 Å². The van der Waals surface area contributed by atoms with E-state index in [1.54, 1.807) is 20.8 Å². The highest BCUT2D eigenvalue weighted by Crippen LogP contribution is 2.24. The van der Waals surface area contributed by atoms with Crippen molar-refractivity contribution in [3.63, 3.8) is 0 Å². The summed E-state index contributed by atoms with van der Waals surface area (Å²) in [6, 6.07) is -0.381. The van der Waals surface area contributed by atoms with E-state index in [-0.39, 0.29) is 12.5 Å². The number of ether oxygens (including phenoxy) is 2. The summed E-state index contributed by atoms with van der Waals surface area (Å²) < 4.78 is 9.82. The lowest BCUT2D eigenvalue weighted by Crippen LogP contribution is -2.45. The maximum Gasteiger partial charge on any atom is 0.410 e. The van der Waals surface area contributed by atoms with Gasteiger partial charge in [-0.05, 0) is 33.6 Å². The molecule has 1 aliphatic rings. The fraction of sp³-hybridized carbons (Fsp3) is 0.846. The van der Waals surface area contributed by atoms with E-state index < -0.39 is 23.8 Å². The van der Waals surface area contributed by atoms with Gasteiger partial charge in [0.15, 0.2) is 0 Å². The molecule has 0 radical (unpaired) electrons. The van der Waals surface area contributed by atoms with Crippen LogP contribution in [0.15, 0.2) is 0 Å². The number of methoxy groups -OCH3 is 1. The highest BCUT2D eigenvalue weighted by atomic mass is 16.6. The second-order valence-corrected chi connectivity index (χ2v) is 5.73. The van der Waals surface area contributed by atoms with E-state index in [4.69, 9.17) is 4.74 Å². The summed E-state index contributed by atoms with van der Waals surface area (Å²) >= 11 is 0. The number of nitrogens with zero attached hydrogens (tertiary/aromatic N) is 1. The third-order valence-corrected chi connectivity index (χ3v) is 2.97. The van der Waals surface area contributed by atoms with Crippen LogP contribution < -0.4 is 0 Å². The van der Waals surface area contributed by atoms with Crippen LogP contribution in [0, 0.1) is 0 Å². The molecule has 0 spiro atoms. The second-order valence-electron chi connectivity index (χ2n) is 5.73. The highest BCUT2D eigenvalue weighted by molar-refractivity contribution is 5.71. The average Bonchev–Trinajstić information content (AvgIpc) is 2.75. The quantitative estimate of drug-likeness (QED) is 0.785. The van der Waals surface area contributed by atoms with E-state index in [0.717, 1.165) is 6.42 Å². The van der Waals surface area contributed by atoms with Crippen molar-refractivity contribution in [2.24, 2.45) is 0 Å². The van der Waals surface area contributed by atoms with E-state index in [0.29, 0.717) is 13.0 Å². The maximum absolute atomic E-state index is 12.0. The number of rotatable bonds is 3. The standard InChI is InChI=1S/C13H23NO5/c1-13(2,3)19-12(17)14-7-5-6-9(14)10(15)8-11(16)18-4/h9-10,15H,5-8H2,1-4H3/t9?,10-/m0/s1. The molecule has 0 aromatic carbocycles. The highest BCUT2D eigenvalue weighted by Gasteiger charge is 2.37. The summed E-state index contributed by atoms with van der Waals surface area (Å²) in [6.45, 7) is 5.92. The molecule has 6 heteroatoms. The Morgan fingerprint density at radius 1 is 1.42 bits per heavy atom. The number of likely N-dealkylation sites (tertiary alicyclic amines) is 1. The molecule has 0 saturated carbocycles. The van der Waals surface area contributed by atoms with Crippen molar-refractivity contribution in [3.05, 3.63) is 0 Å². The largest absolute Gasteiger partial charge is 0.469 e. The summed E-state index contributed by atoms with van der Waals surface area (Å²) in [5, 5.41) is 10.0. The van der Waals surface area contributed by atoms with Crippen molar-refractivity contribution in [1.82, 2.24) is 4.90 Å². The van der Waals surface area contributed by atoms with Crippen LogP contribution in [0.2, 0.25) is 0 Å². The van der Waals surface area contributed by atoms with Crippen molar-refractivity contribution in [2.75, 3.05) is 13.7 Å². The molecule has 0 aromatic rings. The van der Waals surface area contributed by atoms with E-state index in [1.165, 1.54) is 12.0 Å². The zero-order valence-electron chi connectivity index (χ0n) is 12.0. The molecule has 1 N–H and O–H groups in total. The molecular weight excluding hydrogens is 250 g/mol. The van der Waals surface area contributed by atoms with Crippen LogP contribution in [-0.2, 0) is 14.3 Å². The van der Waals surface area contributed by atoms with Crippen LogP contribution in [0.5, 0.6) is 0 Å². The predicted octanol–water partition coefficient (Wildman–Crippen LogP) is 1.31. The van der Waals surface area contributed by atoms with Crippen molar-refractivity contribution in [2.45, 2.75) is 57.8 Å². The Morgan fingerprint density at radius 3 is 2.58 bits per heavy atom. The van der Waals surface area contributed by atoms with E-state index >= 15 is 0 Å². The lowest BCUT2D eigenvalue weighted by atomic mass is 10.1. The van der Waals surface area contributed by atoms with Gasteiger partial charge in [-0.25, -0.2) is 4.79 Å². The first-order valence-corrected chi connectivity index (χ1v) is 6.49. The normalized spacial score (nSPS) is 21.1. The van der Waals surface area contributed by atoms with Crippen LogP contribution >= 0.6 is 0 Å². The Kier molecular flexibility index (Phi) is 5.17. The molecule has 1 saturated heterocycles. The van der Waals surface area contributed by atoms with Gasteiger partial charge in [-0.15, -0.1) is 0 Å². The van der Waals surface area contributed by atoms with E-state index in [9.17, 15) is 14.7 Å². The topological polar surface area (TPSA) is 76.1 Å². The van der Waals surface area contributed by atoms with Gasteiger partial charge in [0, 0.05) is 6.54 Å². The molecule has 1 fully saturated rings. The van der Waals surface area contributed by atoms with Gasteiger partial charge < -0.3 is 19.5 Å². The first kappa shape index (κ1) is 15.8. The zero-order chi connectivity index (χ0) is 14.6. The van der Waals surface area contributed by atoms with Crippen molar-refractivity contribution >= 4 is 12.1 Å². The Hall–Kier alpha value is -1.30. The minimum atomic E-state index is -0.914. The third kappa shape index (κ3) is 4.70. The number of amides is 1. The minimum Gasteiger partial charge on any atom is -0.469 e. The fourth-order valence-electron chi connectivity index (χ4n) is 2.13. The number of aliphatic hydroxyl groups is 1. The van der Waals surface area contributed by atoms with E-state index in [1.807, 2.05) is 0 Å². The lowest BCUT2D eigenvalue weighted by molar-refractivity contribution is -0.143. The van der Waals surface area contributed by atoms with E-state index in [2.05, 4.69) is 4.74 Å². The van der Waals surface area contributed by atoms with Gasteiger partial charge in [0.1, 0.15) is 5.60 Å². The molecule has 19 heavy (non-hydrogen) atoms.